The van der Waals surface area contributed by atoms with Crippen molar-refractivity contribution in [1.29, 1.82) is 0 Å². The third-order valence-corrected chi connectivity index (χ3v) is 4.81. The van der Waals surface area contributed by atoms with Gasteiger partial charge in [-0.15, -0.1) is 0 Å². The zero-order chi connectivity index (χ0) is 18.1. The number of hydrogen-bond acceptors (Lipinski definition) is 1. The molecule has 0 aliphatic heterocycles. The molecule has 0 atom stereocenters. The summed E-state index contributed by atoms with van der Waals surface area (Å²) >= 11 is 0. The molecule has 136 valence electrons. The van der Waals surface area contributed by atoms with Crippen molar-refractivity contribution in [3.05, 3.63) is 59.7 Å². The summed E-state index contributed by atoms with van der Waals surface area (Å²) in [5.74, 6) is 0. The van der Waals surface area contributed by atoms with Crippen LogP contribution in [0.25, 0.3) is 0 Å². The van der Waals surface area contributed by atoms with Gasteiger partial charge >= 0.3 is 0 Å². The summed E-state index contributed by atoms with van der Waals surface area (Å²) in [7, 11) is 0. The summed E-state index contributed by atoms with van der Waals surface area (Å²) in [4.78, 5) is 0. The second-order valence-electron chi connectivity index (χ2n) is 8.17. The van der Waals surface area contributed by atoms with Gasteiger partial charge in [0.25, 0.3) is 0 Å². The molecule has 0 aliphatic rings. The fraction of sp³-hybridized carbons (Fsp3) is 0.500. The average molecular weight is 338 g/mol. The Balaban J connectivity index is 1.80. The highest BCUT2D eigenvalue weighted by atomic mass is 14.9. The van der Waals surface area contributed by atoms with Crippen LogP contribution in [0.5, 0.6) is 0 Å². The first kappa shape index (κ1) is 19.6. The van der Waals surface area contributed by atoms with Gasteiger partial charge in [-0.3, -0.25) is 0 Å². The molecular weight excluding hydrogens is 302 g/mol. The molecule has 0 heterocycles. The van der Waals surface area contributed by atoms with E-state index in [2.05, 4.69) is 81.5 Å². The highest BCUT2D eigenvalue weighted by Gasteiger charge is 2.12. The number of hydrogen-bond donors (Lipinski definition) is 1. The van der Waals surface area contributed by atoms with Gasteiger partial charge < -0.3 is 5.32 Å². The van der Waals surface area contributed by atoms with Crippen molar-refractivity contribution in [3.8, 4) is 0 Å². The van der Waals surface area contributed by atoms with Crippen molar-refractivity contribution in [2.45, 2.75) is 78.1 Å². The van der Waals surface area contributed by atoms with Gasteiger partial charge in [-0.2, -0.15) is 0 Å². The average Bonchev–Trinajstić information content (AvgIpc) is 2.59. The van der Waals surface area contributed by atoms with E-state index in [0.29, 0.717) is 0 Å². The molecule has 2 aromatic carbocycles. The van der Waals surface area contributed by atoms with Gasteiger partial charge in [0.05, 0.1) is 0 Å². The molecule has 25 heavy (non-hydrogen) atoms. The van der Waals surface area contributed by atoms with E-state index in [0.717, 1.165) is 11.4 Å². The zero-order valence-corrected chi connectivity index (χ0v) is 16.6. The van der Waals surface area contributed by atoms with Gasteiger partial charge in [0.2, 0.25) is 0 Å². The van der Waals surface area contributed by atoms with E-state index in [9.17, 15) is 0 Å². The van der Waals surface area contributed by atoms with Gasteiger partial charge in [0.15, 0.2) is 0 Å². The number of anilines is 2. The first-order chi connectivity index (χ1) is 12.0. The topological polar surface area (TPSA) is 12.0 Å². The normalized spacial score (nSPS) is 11.5. The molecule has 2 aromatic rings. The van der Waals surface area contributed by atoms with Crippen molar-refractivity contribution in [3.63, 3.8) is 0 Å². The van der Waals surface area contributed by atoms with Crippen LogP contribution in [0.4, 0.5) is 11.4 Å². The largest absolute Gasteiger partial charge is 0.356 e. The number of benzene rings is 2. The minimum Gasteiger partial charge on any atom is -0.356 e. The molecule has 0 aliphatic carbocycles. The summed E-state index contributed by atoms with van der Waals surface area (Å²) in [6.45, 7) is 9.02. The summed E-state index contributed by atoms with van der Waals surface area (Å²) in [6.07, 6.45) is 9.37. The van der Waals surface area contributed by atoms with Crippen LogP contribution in [0.2, 0.25) is 0 Å². The van der Waals surface area contributed by atoms with E-state index in [-0.39, 0.29) is 5.41 Å². The number of unbranched alkanes of at least 4 members (excludes halogenated alkanes) is 5. The fourth-order valence-corrected chi connectivity index (χ4v) is 3.08. The number of aryl methyl sites for hydroxylation is 1. The van der Waals surface area contributed by atoms with Gasteiger partial charge in [0, 0.05) is 11.4 Å². The molecule has 1 N–H and O–H groups in total. The minimum atomic E-state index is 0.205. The van der Waals surface area contributed by atoms with Crippen molar-refractivity contribution in [2.75, 3.05) is 5.32 Å². The minimum absolute atomic E-state index is 0.205. The lowest BCUT2D eigenvalue weighted by molar-refractivity contribution is 0.590. The van der Waals surface area contributed by atoms with E-state index in [4.69, 9.17) is 0 Å². The molecule has 0 saturated heterocycles. The molecule has 1 heteroatoms. The van der Waals surface area contributed by atoms with Crippen LogP contribution < -0.4 is 5.32 Å². The Labute approximate surface area is 154 Å². The van der Waals surface area contributed by atoms with Crippen molar-refractivity contribution >= 4 is 11.4 Å². The smallest absolute Gasteiger partial charge is 0.0384 e. The molecule has 0 fully saturated rings. The molecule has 0 spiro atoms. The van der Waals surface area contributed by atoms with Crippen LogP contribution in [0.15, 0.2) is 48.5 Å². The van der Waals surface area contributed by atoms with Gasteiger partial charge in [-0.25, -0.2) is 0 Å². The van der Waals surface area contributed by atoms with Crippen LogP contribution in [0, 0.1) is 0 Å². The molecule has 0 bridgehead atoms. The van der Waals surface area contributed by atoms with Crippen LogP contribution in [0.1, 0.15) is 77.3 Å². The fourth-order valence-electron chi connectivity index (χ4n) is 3.08. The summed E-state index contributed by atoms with van der Waals surface area (Å²) in [5, 5.41) is 3.50. The van der Waals surface area contributed by atoms with Crippen LogP contribution >= 0.6 is 0 Å². The first-order valence-corrected chi connectivity index (χ1v) is 9.95. The van der Waals surface area contributed by atoms with E-state index in [1.54, 1.807) is 0 Å². The Hall–Kier alpha value is -1.76. The molecule has 0 radical (unpaired) electrons. The summed E-state index contributed by atoms with van der Waals surface area (Å²) < 4.78 is 0. The lowest BCUT2D eigenvalue weighted by Gasteiger charge is -2.19. The van der Waals surface area contributed by atoms with E-state index in [1.165, 1.54) is 56.1 Å². The van der Waals surface area contributed by atoms with Crippen molar-refractivity contribution < 1.29 is 0 Å². The number of rotatable bonds is 9. The van der Waals surface area contributed by atoms with Crippen LogP contribution in [-0.2, 0) is 11.8 Å². The standard InChI is InChI=1S/C24H35N/c1-5-6-7-8-9-10-11-20-12-16-22(17-13-20)25-23-18-14-21(15-19-23)24(2,3)4/h12-19,25H,5-11H2,1-4H3. The maximum absolute atomic E-state index is 3.50. The first-order valence-electron chi connectivity index (χ1n) is 9.95. The van der Waals surface area contributed by atoms with E-state index >= 15 is 0 Å². The zero-order valence-electron chi connectivity index (χ0n) is 16.6. The van der Waals surface area contributed by atoms with Crippen LogP contribution in [0.3, 0.4) is 0 Å². The Morgan fingerprint density at radius 3 is 1.76 bits per heavy atom. The lowest BCUT2D eigenvalue weighted by Crippen LogP contribution is -2.10. The highest BCUT2D eigenvalue weighted by Crippen LogP contribution is 2.25. The molecule has 0 unspecified atom stereocenters. The highest BCUT2D eigenvalue weighted by molar-refractivity contribution is 5.60. The molecular formula is C24H35N. The Kier molecular flexibility index (Phi) is 7.55. The maximum atomic E-state index is 3.50. The Bertz CT molecular complexity index is 602. The van der Waals surface area contributed by atoms with Gasteiger partial charge in [-0.05, 0) is 53.6 Å². The quantitative estimate of drug-likeness (QED) is 0.464. The molecule has 1 nitrogen and oxygen atoms in total. The maximum Gasteiger partial charge on any atom is 0.0384 e. The second-order valence-corrected chi connectivity index (χ2v) is 8.17. The molecule has 0 aromatic heterocycles. The van der Waals surface area contributed by atoms with Gasteiger partial charge in [0.1, 0.15) is 0 Å². The third kappa shape index (κ3) is 6.94. The molecule has 0 saturated carbocycles. The van der Waals surface area contributed by atoms with E-state index in [1.807, 2.05) is 0 Å². The Morgan fingerprint density at radius 2 is 1.20 bits per heavy atom. The van der Waals surface area contributed by atoms with E-state index < -0.39 is 0 Å². The Morgan fingerprint density at radius 1 is 0.680 bits per heavy atom. The van der Waals surface area contributed by atoms with Gasteiger partial charge in [-0.1, -0.05) is 84.1 Å². The number of nitrogens with one attached hydrogen (secondary N) is 1. The lowest BCUT2D eigenvalue weighted by atomic mass is 9.87. The predicted octanol–water partition coefficient (Wildman–Crippen LogP) is 7.63. The summed E-state index contributed by atoms with van der Waals surface area (Å²) in [5.41, 5.74) is 5.33. The SMILES string of the molecule is CCCCCCCCc1ccc(Nc2ccc(C(C)(C)C)cc2)cc1. The predicted molar refractivity (Wildman–Crippen MR) is 112 cm³/mol. The van der Waals surface area contributed by atoms with Crippen molar-refractivity contribution in [2.24, 2.45) is 0 Å². The molecule has 0 amide bonds. The summed E-state index contributed by atoms with van der Waals surface area (Å²) in [6, 6.07) is 17.7. The second kappa shape index (κ2) is 9.65. The molecule has 2 rings (SSSR count). The third-order valence-electron chi connectivity index (χ3n) is 4.81. The van der Waals surface area contributed by atoms with Crippen molar-refractivity contribution in [1.82, 2.24) is 0 Å². The van der Waals surface area contributed by atoms with Crippen LogP contribution in [-0.4, -0.2) is 0 Å². The monoisotopic (exact) mass is 337 g/mol.